The fraction of sp³-hybridized carbons (Fsp3) is 0.263. The molecule has 0 saturated carbocycles. The average Bonchev–Trinajstić information content (AvgIpc) is 3.14. The Morgan fingerprint density at radius 1 is 0.962 bits per heavy atom. The maximum Gasteiger partial charge on any atom is 0.309 e. The van der Waals surface area contributed by atoms with Crippen LogP contribution in [0, 0.1) is 0 Å². The van der Waals surface area contributed by atoms with E-state index in [2.05, 4.69) is 10.6 Å². The monoisotopic (exact) mass is 356 g/mol. The van der Waals surface area contributed by atoms with Gasteiger partial charge >= 0.3 is 11.8 Å². The van der Waals surface area contributed by atoms with Crippen molar-refractivity contribution in [3.63, 3.8) is 0 Å². The molecule has 1 aliphatic rings. The molecule has 3 rings (SSSR count). The summed E-state index contributed by atoms with van der Waals surface area (Å²) in [6, 6.07) is 12.9. The van der Waals surface area contributed by atoms with Crippen LogP contribution in [0.3, 0.4) is 0 Å². The molecule has 7 heteroatoms. The van der Waals surface area contributed by atoms with Crippen molar-refractivity contribution in [2.75, 3.05) is 20.4 Å². The number of rotatable bonds is 6. The third-order valence-electron chi connectivity index (χ3n) is 3.95. The molecule has 0 aromatic heterocycles. The minimum atomic E-state index is -0.669. The molecule has 0 saturated heterocycles. The van der Waals surface area contributed by atoms with Crippen molar-refractivity contribution in [1.82, 2.24) is 10.6 Å². The van der Waals surface area contributed by atoms with E-state index in [0.717, 1.165) is 16.9 Å². The lowest BCUT2D eigenvalue weighted by Gasteiger charge is -2.08. The number of nitrogens with one attached hydrogen (secondary N) is 2. The molecule has 2 N–H and O–H groups in total. The lowest BCUT2D eigenvalue weighted by atomic mass is 10.1. The first-order valence-electron chi connectivity index (χ1n) is 8.23. The minimum absolute atomic E-state index is 0.196. The van der Waals surface area contributed by atoms with Crippen molar-refractivity contribution in [3.8, 4) is 17.2 Å². The summed E-state index contributed by atoms with van der Waals surface area (Å²) in [6.45, 7) is 0.811. The lowest BCUT2D eigenvalue weighted by molar-refractivity contribution is -0.139. The van der Waals surface area contributed by atoms with E-state index in [1.165, 1.54) is 0 Å². The van der Waals surface area contributed by atoms with Gasteiger partial charge in [0.1, 0.15) is 5.75 Å². The summed E-state index contributed by atoms with van der Waals surface area (Å²) in [5, 5.41) is 5.20. The summed E-state index contributed by atoms with van der Waals surface area (Å²) in [5.41, 5.74) is 1.88. The average molecular weight is 356 g/mol. The van der Waals surface area contributed by atoms with Gasteiger partial charge in [-0.15, -0.1) is 0 Å². The molecule has 1 aliphatic heterocycles. The number of benzene rings is 2. The van der Waals surface area contributed by atoms with Gasteiger partial charge < -0.3 is 24.8 Å². The number of carbonyl (C=O) groups excluding carboxylic acids is 2. The van der Waals surface area contributed by atoms with E-state index in [-0.39, 0.29) is 13.3 Å². The van der Waals surface area contributed by atoms with Crippen LogP contribution in [0.1, 0.15) is 11.1 Å². The standard InChI is InChI=1S/C19H20N2O5/c1-24-15-5-2-13(3-6-15)8-9-20-18(22)19(23)21-11-14-4-7-16-17(10-14)26-12-25-16/h2-7,10H,8-9,11-12H2,1H3,(H,20,22)(H,21,23). The predicted molar refractivity (Wildman–Crippen MR) is 94.1 cm³/mol. The molecule has 0 fully saturated rings. The van der Waals surface area contributed by atoms with Crippen LogP contribution in [0.25, 0.3) is 0 Å². The fourth-order valence-corrected chi connectivity index (χ4v) is 2.51. The van der Waals surface area contributed by atoms with E-state index in [1.54, 1.807) is 19.2 Å². The minimum Gasteiger partial charge on any atom is -0.497 e. The molecule has 0 aliphatic carbocycles. The molecule has 0 unspecified atom stereocenters. The molecule has 0 bridgehead atoms. The van der Waals surface area contributed by atoms with Crippen LogP contribution in [0.4, 0.5) is 0 Å². The van der Waals surface area contributed by atoms with Gasteiger partial charge in [-0.3, -0.25) is 9.59 Å². The Hall–Kier alpha value is -3.22. The number of carbonyl (C=O) groups is 2. The van der Waals surface area contributed by atoms with Crippen molar-refractivity contribution >= 4 is 11.8 Å². The topological polar surface area (TPSA) is 85.9 Å². The van der Waals surface area contributed by atoms with E-state index in [9.17, 15) is 9.59 Å². The van der Waals surface area contributed by atoms with Crippen LogP contribution in [-0.4, -0.2) is 32.3 Å². The highest BCUT2D eigenvalue weighted by Crippen LogP contribution is 2.32. The highest BCUT2D eigenvalue weighted by atomic mass is 16.7. The Morgan fingerprint density at radius 2 is 1.65 bits per heavy atom. The fourth-order valence-electron chi connectivity index (χ4n) is 2.51. The highest BCUT2D eigenvalue weighted by molar-refractivity contribution is 6.35. The van der Waals surface area contributed by atoms with E-state index in [0.29, 0.717) is 24.5 Å². The van der Waals surface area contributed by atoms with Crippen LogP contribution >= 0.6 is 0 Å². The number of methoxy groups -OCH3 is 1. The predicted octanol–water partition coefficient (Wildman–Crippen LogP) is 1.40. The van der Waals surface area contributed by atoms with Crippen molar-refractivity contribution in [2.24, 2.45) is 0 Å². The van der Waals surface area contributed by atoms with Crippen LogP contribution in [0.5, 0.6) is 17.2 Å². The summed E-state index contributed by atoms with van der Waals surface area (Å²) in [5.74, 6) is 0.773. The molecule has 7 nitrogen and oxygen atoms in total. The maximum absolute atomic E-state index is 11.9. The molecule has 1 heterocycles. The van der Waals surface area contributed by atoms with E-state index in [1.807, 2.05) is 30.3 Å². The van der Waals surface area contributed by atoms with Gasteiger partial charge in [0, 0.05) is 13.1 Å². The van der Waals surface area contributed by atoms with Crippen LogP contribution in [0.15, 0.2) is 42.5 Å². The Bertz CT molecular complexity index is 789. The molecule has 2 aromatic rings. The smallest absolute Gasteiger partial charge is 0.309 e. The van der Waals surface area contributed by atoms with Gasteiger partial charge in [0.05, 0.1) is 7.11 Å². The summed E-state index contributed by atoms with van der Waals surface area (Å²) in [6.07, 6.45) is 0.630. The maximum atomic E-state index is 11.9. The van der Waals surface area contributed by atoms with Gasteiger partial charge in [-0.2, -0.15) is 0 Å². The van der Waals surface area contributed by atoms with Gasteiger partial charge in [-0.25, -0.2) is 0 Å². The second-order valence-electron chi connectivity index (χ2n) is 5.72. The van der Waals surface area contributed by atoms with E-state index in [4.69, 9.17) is 14.2 Å². The van der Waals surface area contributed by atoms with Crippen molar-refractivity contribution in [1.29, 1.82) is 0 Å². The SMILES string of the molecule is COc1ccc(CCNC(=O)C(=O)NCc2ccc3c(c2)OCO3)cc1. The van der Waals surface area contributed by atoms with Crippen LogP contribution in [0.2, 0.25) is 0 Å². The molecular formula is C19H20N2O5. The van der Waals surface area contributed by atoms with Crippen molar-refractivity contribution < 1.29 is 23.8 Å². The zero-order valence-corrected chi connectivity index (χ0v) is 14.4. The number of amides is 2. The Morgan fingerprint density at radius 3 is 2.42 bits per heavy atom. The normalized spacial score (nSPS) is 11.7. The zero-order chi connectivity index (χ0) is 18.4. The number of hydrogen-bond donors (Lipinski definition) is 2. The molecule has 26 heavy (non-hydrogen) atoms. The second-order valence-corrected chi connectivity index (χ2v) is 5.72. The third-order valence-corrected chi connectivity index (χ3v) is 3.95. The first-order chi connectivity index (χ1) is 12.7. The Labute approximate surface area is 151 Å². The first-order valence-corrected chi connectivity index (χ1v) is 8.23. The molecule has 2 aromatic carbocycles. The third kappa shape index (κ3) is 4.44. The summed E-state index contributed by atoms with van der Waals surface area (Å²) in [7, 11) is 1.61. The highest BCUT2D eigenvalue weighted by Gasteiger charge is 2.15. The quantitative estimate of drug-likeness (QED) is 0.764. The van der Waals surface area contributed by atoms with Gasteiger partial charge in [0.2, 0.25) is 6.79 Å². The van der Waals surface area contributed by atoms with Crippen LogP contribution in [-0.2, 0) is 22.6 Å². The lowest BCUT2D eigenvalue weighted by Crippen LogP contribution is -2.40. The summed E-state index contributed by atoms with van der Waals surface area (Å²) in [4.78, 5) is 23.7. The molecular weight excluding hydrogens is 336 g/mol. The number of fused-ring (bicyclic) bond motifs is 1. The molecule has 136 valence electrons. The van der Waals surface area contributed by atoms with Gasteiger partial charge in [-0.1, -0.05) is 18.2 Å². The summed E-state index contributed by atoms with van der Waals surface area (Å²) >= 11 is 0. The van der Waals surface area contributed by atoms with E-state index >= 15 is 0 Å². The molecule has 0 atom stereocenters. The molecule has 0 radical (unpaired) electrons. The largest absolute Gasteiger partial charge is 0.497 e. The zero-order valence-electron chi connectivity index (χ0n) is 14.4. The van der Waals surface area contributed by atoms with Gasteiger partial charge in [-0.05, 0) is 41.8 Å². The van der Waals surface area contributed by atoms with Gasteiger partial charge in [0.15, 0.2) is 11.5 Å². The Balaban J connectivity index is 1.40. The Kier molecular flexibility index (Phi) is 5.58. The number of hydrogen-bond acceptors (Lipinski definition) is 5. The number of ether oxygens (including phenoxy) is 3. The molecule has 0 spiro atoms. The van der Waals surface area contributed by atoms with Gasteiger partial charge in [0.25, 0.3) is 0 Å². The van der Waals surface area contributed by atoms with E-state index < -0.39 is 11.8 Å². The molecule has 2 amide bonds. The van der Waals surface area contributed by atoms with Crippen molar-refractivity contribution in [3.05, 3.63) is 53.6 Å². The summed E-state index contributed by atoms with van der Waals surface area (Å²) < 4.78 is 15.6. The second kappa shape index (κ2) is 8.24. The first kappa shape index (κ1) is 17.6. The van der Waals surface area contributed by atoms with Crippen LogP contribution < -0.4 is 24.8 Å². The van der Waals surface area contributed by atoms with Crippen molar-refractivity contribution in [2.45, 2.75) is 13.0 Å².